The molecule has 2 aromatic rings. The summed E-state index contributed by atoms with van der Waals surface area (Å²) in [7, 11) is -0.0923. The molecular formula is C19H26N4O2S. The fourth-order valence-corrected chi connectivity index (χ4v) is 3.21. The third-order valence-electron chi connectivity index (χ3n) is 4.08. The number of nitrogens with zero attached hydrogens (tertiary/aromatic N) is 1. The Morgan fingerprint density at radius 2 is 1.58 bits per heavy atom. The predicted molar refractivity (Wildman–Crippen MR) is 106 cm³/mol. The summed E-state index contributed by atoms with van der Waals surface area (Å²) >= 11 is 0. The second-order valence-corrected chi connectivity index (χ2v) is 7.91. The lowest BCUT2D eigenvalue weighted by Crippen LogP contribution is -2.36. The Balaban J connectivity index is 1.87. The van der Waals surface area contributed by atoms with Crippen molar-refractivity contribution in [2.24, 2.45) is 4.99 Å². The first-order chi connectivity index (χ1) is 12.4. The lowest BCUT2D eigenvalue weighted by molar-refractivity contribution is 0.587. The Bertz CT molecular complexity index is 846. The van der Waals surface area contributed by atoms with Crippen LogP contribution in [0.4, 0.5) is 0 Å². The molecule has 26 heavy (non-hydrogen) atoms. The van der Waals surface area contributed by atoms with Crippen LogP contribution in [0.1, 0.15) is 22.3 Å². The lowest BCUT2D eigenvalue weighted by atomic mass is 10.1. The first-order valence-electron chi connectivity index (χ1n) is 8.41. The van der Waals surface area contributed by atoms with Gasteiger partial charge in [0.15, 0.2) is 5.96 Å². The van der Waals surface area contributed by atoms with Crippen LogP contribution in [0.25, 0.3) is 0 Å². The van der Waals surface area contributed by atoms with E-state index >= 15 is 0 Å². The Labute approximate surface area is 155 Å². The second kappa shape index (κ2) is 9.35. The number of aliphatic imine (C=N–C) groups is 1. The zero-order valence-electron chi connectivity index (χ0n) is 15.4. The van der Waals surface area contributed by atoms with E-state index in [2.05, 4.69) is 39.4 Å². The highest BCUT2D eigenvalue weighted by Crippen LogP contribution is 2.08. The minimum Gasteiger partial charge on any atom is -0.352 e. The summed E-state index contributed by atoms with van der Waals surface area (Å²) in [6.45, 7) is 3.39. The van der Waals surface area contributed by atoms with Gasteiger partial charge >= 0.3 is 0 Å². The van der Waals surface area contributed by atoms with Crippen molar-refractivity contribution in [2.75, 3.05) is 14.1 Å². The summed E-state index contributed by atoms with van der Waals surface area (Å²) in [5, 5.41) is 6.56. The number of benzene rings is 2. The molecule has 0 heterocycles. The zero-order chi connectivity index (χ0) is 19.0. The van der Waals surface area contributed by atoms with Crippen molar-refractivity contribution in [3.8, 4) is 0 Å². The average molecular weight is 375 g/mol. The van der Waals surface area contributed by atoms with Gasteiger partial charge in [0, 0.05) is 20.1 Å². The summed E-state index contributed by atoms with van der Waals surface area (Å²) in [6.07, 6.45) is 0. The van der Waals surface area contributed by atoms with Gasteiger partial charge in [0.2, 0.25) is 10.0 Å². The van der Waals surface area contributed by atoms with Gasteiger partial charge in [0.05, 0.1) is 5.75 Å². The van der Waals surface area contributed by atoms with Gasteiger partial charge in [-0.15, -0.1) is 0 Å². The molecule has 0 fully saturated rings. The van der Waals surface area contributed by atoms with Crippen molar-refractivity contribution in [1.82, 2.24) is 15.4 Å². The van der Waals surface area contributed by atoms with Crippen LogP contribution in [-0.2, 0) is 28.9 Å². The average Bonchev–Trinajstić information content (AvgIpc) is 2.64. The first-order valence-corrected chi connectivity index (χ1v) is 10.1. The Morgan fingerprint density at radius 1 is 0.962 bits per heavy atom. The van der Waals surface area contributed by atoms with Crippen LogP contribution in [-0.4, -0.2) is 28.5 Å². The summed E-state index contributed by atoms with van der Waals surface area (Å²) < 4.78 is 25.5. The Hall–Kier alpha value is -2.38. The van der Waals surface area contributed by atoms with Crippen LogP contribution >= 0.6 is 0 Å². The van der Waals surface area contributed by atoms with Crippen molar-refractivity contribution < 1.29 is 8.42 Å². The van der Waals surface area contributed by atoms with Gasteiger partial charge in [-0.25, -0.2) is 13.1 Å². The maximum Gasteiger partial charge on any atom is 0.215 e. The molecule has 0 bridgehead atoms. The third kappa shape index (κ3) is 6.16. The molecule has 0 saturated heterocycles. The van der Waals surface area contributed by atoms with Crippen LogP contribution in [0.2, 0.25) is 0 Å². The molecule has 0 aromatic heterocycles. The third-order valence-corrected chi connectivity index (χ3v) is 5.42. The van der Waals surface area contributed by atoms with E-state index < -0.39 is 10.0 Å². The molecule has 3 N–H and O–H groups in total. The number of sulfonamides is 1. The summed E-state index contributed by atoms with van der Waals surface area (Å²) in [5.74, 6) is 0.701. The van der Waals surface area contributed by atoms with Crippen molar-refractivity contribution in [3.63, 3.8) is 0 Å². The number of hydrogen-bond donors (Lipinski definition) is 3. The molecule has 6 nitrogen and oxygen atoms in total. The fraction of sp³-hybridized carbons (Fsp3) is 0.316. The van der Waals surface area contributed by atoms with Gasteiger partial charge < -0.3 is 10.6 Å². The summed E-state index contributed by atoms with van der Waals surface area (Å²) in [6, 6.07) is 15.7. The predicted octanol–water partition coefficient (Wildman–Crippen LogP) is 1.91. The fourth-order valence-electron chi connectivity index (χ4n) is 2.44. The molecule has 0 amide bonds. The molecule has 0 aliphatic heterocycles. The number of aryl methyl sites for hydroxylation is 1. The molecule has 0 atom stereocenters. The van der Waals surface area contributed by atoms with Crippen molar-refractivity contribution in [3.05, 3.63) is 70.8 Å². The normalized spacial score (nSPS) is 12.0. The number of hydrogen-bond acceptors (Lipinski definition) is 3. The van der Waals surface area contributed by atoms with E-state index in [0.29, 0.717) is 13.1 Å². The number of nitrogens with one attached hydrogen (secondary N) is 3. The Kier molecular flexibility index (Phi) is 7.17. The minimum absolute atomic E-state index is 0.0170. The molecule has 0 aliphatic rings. The van der Waals surface area contributed by atoms with E-state index in [9.17, 15) is 8.42 Å². The quantitative estimate of drug-likeness (QED) is 0.511. The van der Waals surface area contributed by atoms with E-state index in [4.69, 9.17) is 0 Å². The minimum atomic E-state index is -3.25. The Morgan fingerprint density at radius 3 is 2.19 bits per heavy atom. The highest BCUT2D eigenvalue weighted by Gasteiger charge is 2.08. The zero-order valence-corrected chi connectivity index (χ0v) is 16.2. The maximum absolute atomic E-state index is 11.6. The highest BCUT2D eigenvalue weighted by molar-refractivity contribution is 7.88. The van der Waals surface area contributed by atoms with Gasteiger partial charge in [-0.1, -0.05) is 48.5 Å². The molecule has 0 aliphatic carbocycles. The summed E-state index contributed by atoms with van der Waals surface area (Å²) in [4.78, 5) is 4.23. The second-order valence-electron chi connectivity index (χ2n) is 5.99. The number of guanidine groups is 1. The largest absolute Gasteiger partial charge is 0.352 e. The van der Waals surface area contributed by atoms with Crippen molar-refractivity contribution in [1.29, 1.82) is 0 Å². The van der Waals surface area contributed by atoms with Crippen LogP contribution in [0.3, 0.4) is 0 Å². The van der Waals surface area contributed by atoms with E-state index in [1.807, 2.05) is 36.4 Å². The monoisotopic (exact) mass is 374 g/mol. The molecule has 2 rings (SSSR count). The summed E-state index contributed by atoms with van der Waals surface area (Å²) in [5.41, 5.74) is 4.27. The first kappa shape index (κ1) is 19.9. The maximum atomic E-state index is 11.6. The smallest absolute Gasteiger partial charge is 0.215 e. The van der Waals surface area contributed by atoms with E-state index in [1.165, 1.54) is 18.2 Å². The van der Waals surface area contributed by atoms with Crippen LogP contribution in [0.15, 0.2) is 53.5 Å². The van der Waals surface area contributed by atoms with Crippen LogP contribution in [0.5, 0.6) is 0 Å². The molecular weight excluding hydrogens is 348 g/mol. The van der Waals surface area contributed by atoms with Crippen LogP contribution < -0.4 is 15.4 Å². The SMILES string of the molecule is CN=C(NCc1ccc(CS(=O)(=O)NC)cc1)NCc1ccccc1C. The van der Waals surface area contributed by atoms with E-state index in [0.717, 1.165) is 17.1 Å². The standard InChI is InChI=1S/C19H26N4O2S/c1-15-6-4-5-7-18(15)13-23-19(20-2)22-12-16-8-10-17(11-9-16)14-26(24,25)21-3/h4-11,21H,12-14H2,1-3H3,(H2,20,22,23). The van der Waals surface area contributed by atoms with Gasteiger partial charge in [-0.3, -0.25) is 4.99 Å². The molecule has 7 heteroatoms. The number of rotatable bonds is 7. The van der Waals surface area contributed by atoms with Crippen LogP contribution in [0, 0.1) is 6.92 Å². The van der Waals surface area contributed by atoms with Gasteiger partial charge in [-0.05, 0) is 36.2 Å². The molecule has 0 saturated carbocycles. The molecule has 0 radical (unpaired) electrons. The molecule has 0 unspecified atom stereocenters. The van der Waals surface area contributed by atoms with Gasteiger partial charge in [-0.2, -0.15) is 0 Å². The van der Waals surface area contributed by atoms with E-state index in [1.54, 1.807) is 7.05 Å². The lowest BCUT2D eigenvalue weighted by Gasteiger charge is -2.13. The molecule has 0 spiro atoms. The van der Waals surface area contributed by atoms with Gasteiger partial charge in [0.25, 0.3) is 0 Å². The molecule has 140 valence electrons. The highest BCUT2D eigenvalue weighted by atomic mass is 32.2. The van der Waals surface area contributed by atoms with Gasteiger partial charge in [0.1, 0.15) is 0 Å². The topological polar surface area (TPSA) is 82.6 Å². The molecule has 2 aromatic carbocycles. The van der Waals surface area contributed by atoms with Crippen molar-refractivity contribution in [2.45, 2.75) is 25.8 Å². The van der Waals surface area contributed by atoms with E-state index in [-0.39, 0.29) is 5.75 Å². The van der Waals surface area contributed by atoms with Crippen molar-refractivity contribution >= 4 is 16.0 Å².